The lowest BCUT2D eigenvalue weighted by Crippen LogP contribution is -2.59. The minimum atomic E-state index is 0.0477. The van der Waals surface area contributed by atoms with Crippen LogP contribution in [-0.4, -0.2) is 43.4 Å². The molecule has 1 aliphatic heterocycles. The lowest BCUT2D eigenvalue weighted by atomic mass is 9.97. The predicted octanol–water partition coefficient (Wildman–Crippen LogP) is 0.341. The average molecular weight is 201 g/mol. The zero-order valence-electron chi connectivity index (χ0n) is 9.38. The molecule has 4 heteroatoms. The van der Waals surface area contributed by atoms with Crippen LogP contribution in [0.1, 0.15) is 26.7 Å². The number of ether oxygens (including phenoxy) is 1. The maximum absolute atomic E-state index is 5.79. The Balaban J connectivity index is 2.37. The summed E-state index contributed by atoms with van der Waals surface area (Å²) in [4.78, 5) is 0. The summed E-state index contributed by atoms with van der Waals surface area (Å²) in [5.41, 5.74) is 9.35. The Morgan fingerprint density at radius 1 is 1.43 bits per heavy atom. The molecule has 0 saturated carbocycles. The largest absolute Gasteiger partial charge is 0.379 e. The van der Waals surface area contributed by atoms with Gasteiger partial charge in [-0.2, -0.15) is 0 Å². The van der Waals surface area contributed by atoms with Crippen molar-refractivity contribution in [3.63, 3.8) is 0 Å². The van der Waals surface area contributed by atoms with Gasteiger partial charge in [-0.05, 0) is 13.3 Å². The van der Waals surface area contributed by atoms with Gasteiger partial charge in [0.05, 0.1) is 13.2 Å². The van der Waals surface area contributed by atoms with E-state index in [1.54, 1.807) is 0 Å². The van der Waals surface area contributed by atoms with Gasteiger partial charge in [-0.3, -0.25) is 0 Å². The van der Waals surface area contributed by atoms with E-state index in [0.717, 1.165) is 39.1 Å². The first-order valence-electron chi connectivity index (χ1n) is 5.51. The van der Waals surface area contributed by atoms with Crippen molar-refractivity contribution in [2.75, 3.05) is 32.8 Å². The second kappa shape index (κ2) is 5.66. The second-order valence-corrected chi connectivity index (χ2v) is 4.23. The molecule has 3 N–H and O–H groups in total. The highest BCUT2D eigenvalue weighted by atomic mass is 16.5. The zero-order valence-corrected chi connectivity index (χ0v) is 9.38. The Labute approximate surface area is 86.8 Å². The van der Waals surface area contributed by atoms with Gasteiger partial charge in [0.1, 0.15) is 0 Å². The quantitative estimate of drug-likeness (QED) is 0.673. The van der Waals surface area contributed by atoms with Gasteiger partial charge in [-0.1, -0.05) is 13.3 Å². The Kier molecular flexibility index (Phi) is 4.81. The molecule has 0 amide bonds. The smallest absolute Gasteiger partial charge is 0.0608 e. The van der Waals surface area contributed by atoms with Crippen molar-refractivity contribution in [3.05, 3.63) is 0 Å². The Hall–Kier alpha value is -0.160. The molecular formula is C10H23N3O. The average Bonchev–Trinajstić information content (AvgIpc) is 2.20. The third-order valence-corrected chi connectivity index (χ3v) is 2.69. The summed E-state index contributed by atoms with van der Waals surface area (Å²) >= 11 is 0. The summed E-state index contributed by atoms with van der Waals surface area (Å²) < 4.78 is 5.29. The normalized spacial score (nSPS) is 23.4. The van der Waals surface area contributed by atoms with Crippen molar-refractivity contribution >= 4 is 0 Å². The molecular weight excluding hydrogens is 178 g/mol. The molecule has 0 aromatic carbocycles. The third kappa shape index (κ3) is 3.53. The Morgan fingerprint density at radius 3 is 2.57 bits per heavy atom. The third-order valence-electron chi connectivity index (χ3n) is 2.69. The fraction of sp³-hybridized carbons (Fsp3) is 1.00. The molecule has 1 rings (SSSR count). The van der Waals surface area contributed by atoms with Crippen LogP contribution in [0, 0.1) is 0 Å². The van der Waals surface area contributed by atoms with E-state index in [0.29, 0.717) is 6.54 Å². The van der Waals surface area contributed by atoms with Gasteiger partial charge in [-0.15, -0.1) is 0 Å². The molecule has 0 spiro atoms. The van der Waals surface area contributed by atoms with E-state index in [1.807, 2.05) is 0 Å². The van der Waals surface area contributed by atoms with Gasteiger partial charge in [0.25, 0.3) is 0 Å². The van der Waals surface area contributed by atoms with Crippen LogP contribution >= 0.6 is 0 Å². The van der Waals surface area contributed by atoms with Gasteiger partial charge >= 0.3 is 0 Å². The van der Waals surface area contributed by atoms with Crippen LogP contribution < -0.4 is 11.2 Å². The molecule has 4 nitrogen and oxygen atoms in total. The van der Waals surface area contributed by atoms with Crippen molar-refractivity contribution in [3.8, 4) is 0 Å². The first-order valence-corrected chi connectivity index (χ1v) is 5.51. The maximum Gasteiger partial charge on any atom is 0.0608 e. The van der Waals surface area contributed by atoms with E-state index < -0.39 is 0 Å². The number of nitrogens with one attached hydrogen (secondary N) is 1. The Morgan fingerprint density at radius 2 is 2.07 bits per heavy atom. The van der Waals surface area contributed by atoms with E-state index in [1.165, 1.54) is 0 Å². The first-order chi connectivity index (χ1) is 6.70. The summed E-state index contributed by atoms with van der Waals surface area (Å²) in [5.74, 6) is 0. The summed E-state index contributed by atoms with van der Waals surface area (Å²) in [5, 5.41) is 2.23. The van der Waals surface area contributed by atoms with Crippen molar-refractivity contribution in [1.82, 2.24) is 10.4 Å². The monoisotopic (exact) mass is 201 g/mol. The molecule has 0 aliphatic carbocycles. The van der Waals surface area contributed by atoms with Crippen molar-refractivity contribution in [2.24, 2.45) is 5.73 Å². The molecule has 14 heavy (non-hydrogen) atoms. The lowest BCUT2D eigenvalue weighted by molar-refractivity contribution is -0.0103. The van der Waals surface area contributed by atoms with E-state index in [4.69, 9.17) is 10.5 Å². The number of hydrazine groups is 1. The molecule has 1 unspecified atom stereocenters. The topological polar surface area (TPSA) is 50.5 Å². The highest BCUT2D eigenvalue weighted by molar-refractivity contribution is 4.83. The SMILES string of the molecule is CCCC(C)(CN)NN1CCOCC1. The molecule has 0 radical (unpaired) electrons. The molecule has 0 bridgehead atoms. The number of nitrogens with two attached hydrogens (primary N) is 1. The van der Waals surface area contributed by atoms with E-state index >= 15 is 0 Å². The van der Waals surface area contributed by atoms with E-state index in [9.17, 15) is 0 Å². The summed E-state index contributed by atoms with van der Waals surface area (Å²) in [7, 11) is 0. The Bertz CT molecular complexity index is 159. The standard InChI is InChI=1S/C10H23N3O/c1-3-4-10(2,9-11)12-13-5-7-14-8-6-13/h12H,3-9,11H2,1-2H3. The summed E-state index contributed by atoms with van der Waals surface area (Å²) in [6, 6.07) is 0. The number of nitrogens with zero attached hydrogens (tertiary/aromatic N) is 1. The zero-order chi connectivity index (χ0) is 10.4. The number of hydrogen-bond donors (Lipinski definition) is 2. The molecule has 0 aromatic heterocycles. The van der Waals surface area contributed by atoms with Crippen molar-refractivity contribution in [1.29, 1.82) is 0 Å². The van der Waals surface area contributed by atoms with Crippen molar-refractivity contribution in [2.45, 2.75) is 32.2 Å². The number of hydrogen-bond acceptors (Lipinski definition) is 4. The van der Waals surface area contributed by atoms with Crippen LogP contribution in [0.3, 0.4) is 0 Å². The maximum atomic E-state index is 5.79. The van der Waals surface area contributed by atoms with E-state index in [2.05, 4.69) is 24.3 Å². The van der Waals surface area contributed by atoms with Crippen LogP contribution in [-0.2, 0) is 4.74 Å². The summed E-state index contributed by atoms with van der Waals surface area (Å²) in [6.45, 7) is 8.61. The van der Waals surface area contributed by atoms with Crippen molar-refractivity contribution < 1.29 is 4.74 Å². The van der Waals surface area contributed by atoms with Crippen LogP contribution in [0.15, 0.2) is 0 Å². The second-order valence-electron chi connectivity index (χ2n) is 4.23. The highest BCUT2D eigenvalue weighted by Crippen LogP contribution is 2.11. The highest BCUT2D eigenvalue weighted by Gasteiger charge is 2.24. The van der Waals surface area contributed by atoms with Crippen LogP contribution in [0.5, 0.6) is 0 Å². The number of rotatable bonds is 5. The minimum Gasteiger partial charge on any atom is -0.379 e. The molecule has 84 valence electrons. The fourth-order valence-electron chi connectivity index (χ4n) is 1.81. The van der Waals surface area contributed by atoms with Gasteiger partial charge in [0, 0.05) is 25.2 Å². The lowest BCUT2D eigenvalue weighted by Gasteiger charge is -2.37. The minimum absolute atomic E-state index is 0.0477. The van der Waals surface area contributed by atoms with Gasteiger partial charge in [0.15, 0.2) is 0 Å². The fourth-order valence-corrected chi connectivity index (χ4v) is 1.81. The molecule has 1 heterocycles. The predicted molar refractivity (Wildman–Crippen MR) is 57.9 cm³/mol. The number of morpholine rings is 1. The molecule has 1 atom stereocenters. The van der Waals surface area contributed by atoms with Gasteiger partial charge in [-0.25, -0.2) is 10.4 Å². The first kappa shape index (κ1) is 11.9. The molecule has 1 fully saturated rings. The van der Waals surface area contributed by atoms with Crippen LogP contribution in [0.4, 0.5) is 0 Å². The van der Waals surface area contributed by atoms with Gasteiger partial charge < -0.3 is 10.5 Å². The molecule has 0 aromatic rings. The summed E-state index contributed by atoms with van der Waals surface area (Å²) in [6.07, 6.45) is 2.27. The van der Waals surface area contributed by atoms with Gasteiger partial charge in [0.2, 0.25) is 0 Å². The van der Waals surface area contributed by atoms with E-state index in [-0.39, 0.29) is 5.54 Å². The molecule has 1 saturated heterocycles. The molecule has 1 aliphatic rings. The van der Waals surface area contributed by atoms with Crippen LogP contribution in [0.25, 0.3) is 0 Å². The van der Waals surface area contributed by atoms with Crippen LogP contribution in [0.2, 0.25) is 0 Å².